The van der Waals surface area contributed by atoms with Gasteiger partial charge >= 0.3 is 0 Å². The van der Waals surface area contributed by atoms with E-state index in [0.717, 1.165) is 21.7 Å². The molecule has 2 N–H and O–H groups in total. The second-order valence-electron chi connectivity index (χ2n) is 4.25. The zero-order valence-electron chi connectivity index (χ0n) is 10.3. The number of aryl methyl sites for hydroxylation is 2. The minimum Gasteiger partial charge on any atom is -0.325 e. The Kier molecular flexibility index (Phi) is 3.35. The van der Waals surface area contributed by atoms with Gasteiger partial charge in [-0.1, -0.05) is 17.7 Å². The first-order chi connectivity index (χ1) is 8.04. The number of halogens is 1. The molecule has 0 aliphatic rings. The van der Waals surface area contributed by atoms with Crippen LogP contribution in [0.2, 0.25) is 0 Å². The van der Waals surface area contributed by atoms with Crippen LogP contribution in [0.4, 0.5) is 0 Å². The third-order valence-corrected chi connectivity index (χ3v) is 3.91. The molecule has 0 radical (unpaired) electrons. The van der Waals surface area contributed by atoms with E-state index in [-0.39, 0.29) is 0 Å². The lowest BCUT2D eigenvalue weighted by molar-refractivity contribution is 0.892. The van der Waals surface area contributed by atoms with Crippen molar-refractivity contribution >= 4 is 15.9 Å². The maximum Gasteiger partial charge on any atom is 0.141 e. The lowest BCUT2D eigenvalue weighted by atomic mass is 10.1. The summed E-state index contributed by atoms with van der Waals surface area (Å²) in [6.45, 7) is 4.63. The zero-order chi connectivity index (χ0) is 12.6. The average Bonchev–Trinajstić information content (AvgIpc) is 2.59. The number of nitrogens with two attached hydrogens (primary N) is 1. The number of rotatable bonds is 2. The fourth-order valence-corrected chi connectivity index (χ4v) is 2.30. The number of imidazole rings is 1. The summed E-state index contributed by atoms with van der Waals surface area (Å²) < 4.78 is 2.99. The summed E-state index contributed by atoms with van der Waals surface area (Å²) in [5.41, 5.74) is 10.2. The molecule has 0 fully saturated rings. The van der Waals surface area contributed by atoms with Crippen LogP contribution in [0, 0.1) is 13.8 Å². The van der Waals surface area contributed by atoms with Crippen LogP contribution in [-0.4, -0.2) is 9.55 Å². The summed E-state index contributed by atoms with van der Waals surface area (Å²) in [5.74, 6) is 0.957. The Hall–Kier alpha value is -1.13. The SMILES string of the molecule is Cc1ccc(C)c(-c2nc(CN)c(Br)n2C)c1. The van der Waals surface area contributed by atoms with Crippen molar-refractivity contribution in [3.63, 3.8) is 0 Å². The van der Waals surface area contributed by atoms with Gasteiger partial charge in [-0.15, -0.1) is 0 Å². The normalized spacial score (nSPS) is 10.9. The third-order valence-electron chi connectivity index (χ3n) is 2.92. The molecule has 2 rings (SSSR count). The summed E-state index contributed by atoms with van der Waals surface area (Å²) in [6, 6.07) is 6.39. The molecule has 2 aromatic rings. The smallest absolute Gasteiger partial charge is 0.141 e. The van der Waals surface area contributed by atoms with E-state index >= 15 is 0 Å². The molecule has 0 aliphatic heterocycles. The number of nitrogens with zero attached hydrogens (tertiary/aromatic N) is 2. The number of benzene rings is 1. The first-order valence-corrected chi connectivity index (χ1v) is 6.32. The van der Waals surface area contributed by atoms with E-state index in [2.05, 4.69) is 53.0 Å². The summed E-state index contributed by atoms with van der Waals surface area (Å²) >= 11 is 3.52. The van der Waals surface area contributed by atoms with Gasteiger partial charge in [-0.3, -0.25) is 0 Å². The Morgan fingerprint density at radius 2 is 2.06 bits per heavy atom. The van der Waals surface area contributed by atoms with Gasteiger partial charge in [-0.2, -0.15) is 0 Å². The first kappa shape index (κ1) is 12.3. The van der Waals surface area contributed by atoms with Crippen LogP contribution < -0.4 is 5.73 Å². The molecule has 1 heterocycles. The van der Waals surface area contributed by atoms with E-state index < -0.39 is 0 Å². The van der Waals surface area contributed by atoms with Gasteiger partial charge in [0.25, 0.3) is 0 Å². The molecule has 0 saturated heterocycles. The highest BCUT2D eigenvalue weighted by molar-refractivity contribution is 9.10. The van der Waals surface area contributed by atoms with Gasteiger partial charge in [0.2, 0.25) is 0 Å². The molecule has 0 spiro atoms. The quantitative estimate of drug-likeness (QED) is 0.925. The summed E-state index contributed by atoms with van der Waals surface area (Å²) in [4.78, 5) is 4.59. The molecule has 0 saturated carbocycles. The van der Waals surface area contributed by atoms with E-state index in [1.807, 2.05) is 11.6 Å². The van der Waals surface area contributed by atoms with Crippen molar-refractivity contribution in [2.45, 2.75) is 20.4 Å². The number of aromatic nitrogens is 2. The van der Waals surface area contributed by atoms with Gasteiger partial charge in [0.15, 0.2) is 0 Å². The fourth-order valence-electron chi connectivity index (χ4n) is 1.88. The highest BCUT2D eigenvalue weighted by Gasteiger charge is 2.14. The molecular formula is C13H16BrN3. The van der Waals surface area contributed by atoms with Crippen molar-refractivity contribution in [2.75, 3.05) is 0 Å². The van der Waals surface area contributed by atoms with E-state index in [1.54, 1.807) is 0 Å². The molecular weight excluding hydrogens is 278 g/mol. The van der Waals surface area contributed by atoms with Gasteiger partial charge < -0.3 is 10.3 Å². The van der Waals surface area contributed by atoms with Crippen molar-refractivity contribution in [2.24, 2.45) is 12.8 Å². The summed E-state index contributed by atoms with van der Waals surface area (Å²) in [5, 5.41) is 0. The van der Waals surface area contributed by atoms with Crippen molar-refractivity contribution in [3.05, 3.63) is 39.6 Å². The Morgan fingerprint density at radius 3 is 2.65 bits per heavy atom. The first-order valence-electron chi connectivity index (χ1n) is 5.53. The maximum atomic E-state index is 5.67. The topological polar surface area (TPSA) is 43.8 Å². The molecule has 17 heavy (non-hydrogen) atoms. The highest BCUT2D eigenvalue weighted by Crippen LogP contribution is 2.27. The third kappa shape index (κ3) is 2.15. The molecule has 3 nitrogen and oxygen atoms in total. The van der Waals surface area contributed by atoms with Gasteiger partial charge in [-0.05, 0) is 41.4 Å². The lowest BCUT2D eigenvalue weighted by Crippen LogP contribution is -1.97. The van der Waals surface area contributed by atoms with E-state index in [4.69, 9.17) is 5.73 Å². The Morgan fingerprint density at radius 1 is 1.35 bits per heavy atom. The standard InChI is InChI=1S/C13H16BrN3/c1-8-4-5-9(2)10(6-8)13-16-11(7-15)12(14)17(13)3/h4-6H,7,15H2,1-3H3. The van der Waals surface area contributed by atoms with E-state index in [0.29, 0.717) is 6.54 Å². The Labute approximate surface area is 110 Å². The monoisotopic (exact) mass is 293 g/mol. The van der Waals surface area contributed by atoms with Crippen LogP contribution in [0.1, 0.15) is 16.8 Å². The van der Waals surface area contributed by atoms with Gasteiger partial charge in [0.05, 0.1) is 5.69 Å². The van der Waals surface area contributed by atoms with Crippen molar-refractivity contribution < 1.29 is 0 Å². The largest absolute Gasteiger partial charge is 0.325 e. The Bertz CT molecular complexity index is 558. The molecule has 1 aromatic heterocycles. The molecule has 0 amide bonds. The van der Waals surface area contributed by atoms with Crippen LogP contribution in [0.25, 0.3) is 11.4 Å². The van der Waals surface area contributed by atoms with Crippen molar-refractivity contribution in [1.29, 1.82) is 0 Å². The zero-order valence-corrected chi connectivity index (χ0v) is 11.9. The minimum atomic E-state index is 0.444. The second kappa shape index (κ2) is 4.63. The molecule has 0 bridgehead atoms. The maximum absolute atomic E-state index is 5.67. The molecule has 0 unspecified atom stereocenters. The van der Waals surface area contributed by atoms with Crippen LogP contribution in [-0.2, 0) is 13.6 Å². The average molecular weight is 294 g/mol. The Balaban J connectivity index is 2.64. The van der Waals surface area contributed by atoms with Gasteiger partial charge in [0, 0.05) is 19.2 Å². The van der Waals surface area contributed by atoms with E-state index in [9.17, 15) is 0 Å². The van der Waals surface area contributed by atoms with Crippen LogP contribution in [0.15, 0.2) is 22.8 Å². The highest BCUT2D eigenvalue weighted by atomic mass is 79.9. The molecule has 0 atom stereocenters. The van der Waals surface area contributed by atoms with Crippen molar-refractivity contribution in [3.8, 4) is 11.4 Å². The predicted octanol–water partition coefficient (Wildman–Crippen LogP) is 2.93. The van der Waals surface area contributed by atoms with Crippen LogP contribution in [0.5, 0.6) is 0 Å². The number of hydrogen-bond acceptors (Lipinski definition) is 2. The van der Waals surface area contributed by atoms with Crippen LogP contribution in [0.3, 0.4) is 0 Å². The van der Waals surface area contributed by atoms with Crippen LogP contribution >= 0.6 is 15.9 Å². The van der Waals surface area contributed by atoms with Gasteiger partial charge in [-0.25, -0.2) is 4.98 Å². The number of hydrogen-bond donors (Lipinski definition) is 1. The van der Waals surface area contributed by atoms with E-state index in [1.165, 1.54) is 11.1 Å². The summed E-state index contributed by atoms with van der Waals surface area (Å²) in [6.07, 6.45) is 0. The predicted molar refractivity (Wildman–Crippen MR) is 73.7 cm³/mol. The fraction of sp³-hybridized carbons (Fsp3) is 0.308. The molecule has 4 heteroatoms. The van der Waals surface area contributed by atoms with Crippen molar-refractivity contribution in [1.82, 2.24) is 9.55 Å². The lowest BCUT2D eigenvalue weighted by Gasteiger charge is -2.07. The molecule has 1 aromatic carbocycles. The minimum absolute atomic E-state index is 0.444. The second-order valence-corrected chi connectivity index (χ2v) is 5.01. The van der Waals surface area contributed by atoms with Gasteiger partial charge in [0.1, 0.15) is 10.4 Å². The summed E-state index contributed by atoms with van der Waals surface area (Å²) in [7, 11) is 1.99. The molecule has 90 valence electrons. The molecule has 0 aliphatic carbocycles.